The number of hydrogen-bond acceptors (Lipinski definition) is 6. The van der Waals surface area contributed by atoms with Crippen molar-refractivity contribution in [3.05, 3.63) is 34.9 Å². The number of hydrazone groups is 1. The van der Waals surface area contributed by atoms with Crippen LogP contribution < -0.4 is 9.47 Å². The Morgan fingerprint density at radius 2 is 1.90 bits per heavy atom. The Balaban J connectivity index is 1.65. The van der Waals surface area contributed by atoms with Crippen LogP contribution in [0.1, 0.15) is 18.9 Å². The fraction of sp³-hybridized carbons (Fsp3) is 0.400. The maximum atomic E-state index is 12.7. The van der Waals surface area contributed by atoms with Gasteiger partial charge in [0.1, 0.15) is 0 Å². The molecule has 8 nitrogen and oxygen atoms in total. The predicted molar refractivity (Wildman–Crippen MR) is 103 cm³/mol. The number of carboxylic acids is 1. The predicted octanol–water partition coefficient (Wildman–Crippen LogP) is 2.34. The van der Waals surface area contributed by atoms with E-state index in [-0.39, 0.29) is 47.0 Å². The first-order valence-corrected chi connectivity index (χ1v) is 9.56. The third kappa shape index (κ3) is 3.17. The molecule has 2 amide bonds. The second-order valence-electron chi connectivity index (χ2n) is 7.36. The maximum Gasteiger partial charge on any atom is 0.344 e. The van der Waals surface area contributed by atoms with Crippen molar-refractivity contribution in [2.45, 2.75) is 19.4 Å². The van der Waals surface area contributed by atoms with Gasteiger partial charge in [0.05, 0.1) is 25.2 Å². The zero-order chi connectivity index (χ0) is 20.9. The van der Waals surface area contributed by atoms with Crippen LogP contribution in [-0.4, -0.2) is 47.3 Å². The molecule has 1 aromatic rings. The molecule has 0 spiro atoms. The van der Waals surface area contributed by atoms with E-state index in [1.54, 1.807) is 0 Å². The standard InChI is InChI=1S/C20H19ClN2O6/c1-9(20(26)27)29-17-12(6-13(21)7-14(17)28-2)8-22-23-18(24)15-10-3-4-11(5-10)16(15)19(23)25/h3-4,6-11,15-16H,5H2,1-2H3,(H,26,27). The van der Waals surface area contributed by atoms with E-state index >= 15 is 0 Å². The van der Waals surface area contributed by atoms with Gasteiger partial charge in [-0.3, -0.25) is 9.59 Å². The molecule has 1 aliphatic heterocycles. The van der Waals surface area contributed by atoms with E-state index in [9.17, 15) is 14.4 Å². The molecule has 5 atom stereocenters. The van der Waals surface area contributed by atoms with E-state index in [1.165, 1.54) is 32.4 Å². The molecular weight excluding hydrogens is 400 g/mol. The lowest BCUT2D eigenvalue weighted by Gasteiger charge is -2.17. The number of methoxy groups -OCH3 is 1. The number of imide groups is 1. The first kappa shape index (κ1) is 19.4. The molecular formula is C20H19ClN2O6. The van der Waals surface area contributed by atoms with Gasteiger partial charge in [0, 0.05) is 16.7 Å². The minimum absolute atomic E-state index is 0.0863. The van der Waals surface area contributed by atoms with Gasteiger partial charge >= 0.3 is 5.97 Å². The molecule has 5 unspecified atom stereocenters. The van der Waals surface area contributed by atoms with Gasteiger partial charge in [0.15, 0.2) is 17.6 Å². The molecule has 3 aliphatic rings. The van der Waals surface area contributed by atoms with Crippen LogP contribution in [0.2, 0.25) is 5.02 Å². The number of nitrogens with zero attached hydrogens (tertiary/aromatic N) is 2. The largest absolute Gasteiger partial charge is 0.493 e. The van der Waals surface area contributed by atoms with Crippen LogP contribution in [0.15, 0.2) is 29.4 Å². The van der Waals surface area contributed by atoms with Gasteiger partial charge in [0.2, 0.25) is 0 Å². The highest BCUT2D eigenvalue weighted by molar-refractivity contribution is 6.31. The monoisotopic (exact) mass is 418 g/mol. The molecule has 2 aliphatic carbocycles. The molecule has 0 aromatic heterocycles. The molecule has 29 heavy (non-hydrogen) atoms. The Bertz CT molecular complexity index is 929. The minimum Gasteiger partial charge on any atom is -0.493 e. The number of carbonyl (C=O) groups excluding carboxylic acids is 2. The lowest BCUT2D eigenvalue weighted by molar-refractivity contribution is -0.144. The lowest BCUT2D eigenvalue weighted by atomic mass is 9.85. The number of hydrogen-bond donors (Lipinski definition) is 1. The van der Waals surface area contributed by atoms with Crippen molar-refractivity contribution < 1.29 is 29.0 Å². The number of carboxylic acid groups (broad SMARTS) is 1. The van der Waals surface area contributed by atoms with Crippen LogP contribution in [0.4, 0.5) is 0 Å². The summed E-state index contributed by atoms with van der Waals surface area (Å²) in [7, 11) is 1.39. The zero-order valence-corrected chi connectivity index (χ0v) is 16.5. The molecule has 1 saturated heterocycles. The number of halogens is 1. The Kier molecular flexibility index (Phi) is 4.82. The highest BCUT2D eigenvalue weighted by atomic mass is 35.5. The molecule has 1 heterocycles. The van der Waals surface area contributed by atoms with Gasteiger partial charge in [-0.2, -0.15) is 10.1 Å². The van der Waals surface area contributed by atoms with E-state index in [0.29, 0.717) is 10.6 Å². The summed E-state index contributed by atoms with van der Waals surface area (Å²) >= 11 is 6.11. The van der Waals surface area contributed by atoms with Crippen LogP contribution in [-0.2, 0) is 14.4 Å². The van der Waals surface area contributed by atoms with E-state index < -0.39 is 12.1 Å². The van der Waals surface area contributed by atoms with Gasteiger partial charge < -0.3 is 14.6 Å². The second kappa shape index (κ2) is 7.18. The summed E-state index contributed by atoms with van der Waals surface area (Å²) in [5.41, 5.74) is 0.293. The van der Waals surface area contributed by atoms with E-state index in [1.807, 2.05) is 12.2 Å². The maximum absolute atomic E-state index is 12.7. The summed E-state index contributed by atoms with van der Waals surface area (Å²) in [6.07, 6.45) is 4.95. The van der Waals surface area contributed by atoms with Crippen molar-refractivity contribution in [1.82, 2.24) is 5.01 Å². The molecule has 2 bridgehead atoms. The molecule has 9 heteroatoms. The number of rotatable bonds is 6. The minimum atomic E-state index is -1.16. The third-order valence-corrected chi connectivity index (χ3v) is 5.89. The van der Waals surface area contributed by atoms with Crippen molar-refractivity contribution in [3.63, 3.8) is 0 Å². The van der Waals surface area contributed by atoms with Crippen LogP contribution >= 0.6 is 11.6 Å². The van der Waals surface area contributed by atoms with Gasteiger partial charge in [0.25, 0.3) is 11.8 Å². The average molecular weight is 419 g/mol. The van der Waals surface area contributed by atoms with Crippen molar-refractivity contribution >= 4 is 35.6 Å². The highest BCUT2D eigenvalue weighted by Gasteiger charge is 2.59. The van der Waals surface area contributed by atoms with E-state index in [0.717, 1.165) is 11.4 Å². The summed E-state index contributed by atoms with van der Waals surface area (Å²) in [5.74, 6) is -2.01. The van der Waals surface area contributed by atoms with Crippen molar-refractivity contribution in [2.24, 2.45) is 28.8 Å². The molecule has 152 valence electrons. The first-order valence-electron chi connectivity index (χ1n) is 9.19. The molecule has 4 rings (SSSR count). The number of aliphatic carboxylic acids is 1. The molecule has 0 radical (unpaired) electrons. The molecule has 2 fully saturated rings. The Labute approximate surface area is 171 Å². The van der Waals surface area contributed by atoms with Crippen molar-refractivity contribution in [1.29, 1.82) is 0 Å². The number of benzene rings is 1. The van der Waals surface area contributed by atoms with Crippen LogP contribution in [0.3, 0.4) is 0 Å². The number of fused-ring (bicyclic) bond motifs is 5. The van der Waals surface area contributed by atoms with Crippen molar-refractivity contribution in [3.8, 4) is 11.5 Å². The third-order valence-electron chi connectivity index (χ3n) is 5.67. The highest BCUT2D eigenvalue weighted by Crippen LogP contribution is 2.52. The number of carbonyl (C=O) groups is 3. The zero-order valence-electron chi connectivity index (χ0n) is 15.7. The summed E-state index contributed by atoms with van der Waals surface area (Å²) < 4.78 is 10.7. The lowest BCUT2D eigenvalue weighted by Crippen LogP contribution is -2.28. The molecule has 1 aromatic carbocycles. The average Bonchev–Trinajstić information content (AvgIpc) is 3.36. The SMILES string of the molecule is COc1cc(Cl)cc(C=NN2C(=O)C3C4C=CC(C4)C3C2=O)c1OC(C)C(=O)O. The van der Waals surface area contributed by atoms with Crippen LogP contribution in [0.25, 0.3) is 0 Å². The molecule has 1 saturated carbocycles. The van der Waals surface area contributed by atoms with Crippen molar-refractivity contribution in [2.75, 3.05) is 7.11 Å². The summed E-state index contributed by atoms with van der Waals surface area (Å²) in [6.45, 7) is 1.37. The number of allylic oxidation sites excluding steroid dienone is 2. The van der Waals surface area contributed by atoms with Gasteiger partial charge in [-0.25, -0.2) is 4.79 Å². The van der Waals surface area contributed by atoms with Gasteiger partial charge in [-0.1, -0.05) is 23.8 Å². The Morgan fingerprint density at radius 1 is 1.28 bits per heavy atom. The normalized spacial score (nSPS) is 28.3. The first-order chi connectivity index (χ1) is 13.8. The summed E-state index contributed by atoms with van der Waals surface area (Å²) in [6, 6.07) is 2.97. The second-order valence-corrected chi connectivity index (χ2v) is 7.79. The smallest absolute Gasteiger partial charge is 0.344 e. The van der Waals surface area contributed by atoms with Crippen LogP contribution in [0, 0.1) is 23.7 Å². The van der Waals surface area contributed by atoms with Crippen LogP contribution in [0.5, 0.6) is 11.5 Å². The Hall–Kier alpha value is -2.87. The fourth-order valence-corrected chi connectivity index (χ4v) is 4.53. The molecule has 1 N–H and O–H groups in total. The Morgan fingerprint density at radius 3 is 2.45 bits per heavy atom. The topological polar surface area (TPSA) is 106 Å². The van der Waals surface area contributed by atoms with E-state index in [4.69, 9.17) is 26.2 Å². The van der Waals surface area contributed by atoms with Gasteiger partial charge in [-0.05, 0) is 31.2 Å². The quantitative estimate of drug-likeness (QED) is 0.432. The van der Waals surface area contributed by atoms with E-state index in [2.05, 4.69) is 5.10 Å². The fourth-order valence-electron chi connectivity index (χ4n) is 4.31. The van der Waals surface area contributed by atoms with Gasteiger partial charge in [-0.15, -0.1) is 0 Å². The summed E-state index contributed by atoms with van der Waals surface area (Å²) in [5, 5.41) is 14.5. The summed E-state index contributed by atoms with van der Waals surface area (Å²) in [4.78, 5) is 36.7. The number of ether oxygens (including phenoxy) is 2. The number of amides is 2.